The van der Waals surface area contributed by atoms with Gasteiger partial charge in [-0.05, 0) is 18.9 Å². The van der Waals surface area contributed by atoms with Crippen molar-refractivity contribution in [1.29, 1.82) is 0 Å². The Balaban J connectivity index is 3.90. The van der Waals surface area contributed by atoms with Gasteiger partial charge in [0.2, 0.25) is 0 Å². The smallest absolute Gasteiger partial charge is 0.194 e. The molecule has 0 heterocycles. The molecule has 1 aromatic rings. The van der Waals surface area contributed by atoms with Gasteiger partial charge in [0.1, 0.15) is 0 Å². The number of alkyl halides is 3. The van der Waals surface area contributed by atoms with Crippen LogP contribution in [0.5, 0.6) is 0 Å². The van der Waals surface area contributed by atoms with Crippen LogP contribution in [0.1, 0.15) is 15.2 Å². The van der Waals surface area contributed by atoms with E-state index in [1.54, 1.807) is 0 Å². The topological polar surface area (TPSA) is 40.6 Å². The maximum absolute atomic E-state index is 13.7. The number of halogens is 3. The molecule has 0 bridgehead atoms. The molecule has 1 aromatic carbocycles. The summed E-state index contributed by atoms with van der Waals surface area (Å²) in [5.74, 6) is 0. The van der Waals surface area contributed by atoms with E-state index in [0.717, 1.165) is 14.1 Å². The summed E-state index contributed by atoms with van der Waals surface area (Å²) in [5, 5.41) is 0. The van der Waals surface area contributed by atoms with Crippen LogP contribution < -0.4 is 3.71 Å². The second-order valence-corrected chi connectivity index (χ2v) is 8.29. The summed E-state index contributed by atoms with van der Waals surface area (Å²) in [6, 6.07) is -4.00. The lowest BCUT2D eigenvalue weighted by Crippen LogP contribution is -2.37. The molecule has 0 N–H and O–H groups in total. The fourth-order valence-corrected chi connectivity index (χ4v) is 3.58. The summed E-state index contributed by atoms with van der Waals surface area (Å²) >= 11 is 10.1. The molecule has 0 amide bonds. The standard InChI is InChI=1S/C10H13Cl2FN2O2S2/c1-8-4-6-9(7-5-8)15(18-10(11,12)13)19(16,17)14(2)3/h4-7H,1-3H3/i1D3,4D,5D,6D,7D. The molecule has 0 saturated carbocycles. The van der Waals surface area contributed by atoms with E-state index in [1.165, 1.54) is 0 Å². The highest BCUT2D eigenvalue weighted by atomic mass is 35.5. The lowest BCUT2D eigenvalue weighted by atomic mass is 10.2. The largest absolute Gasteiger partial charge is 0.324 e. The van der Waals surface area contributed by atoms with E-state index in [9.17, 15) is 12.8 Å². The van der Waals surface area contributed by atoms with Gasteiger partial charge in [-0.1, -0.05) is 40.9 Å². The number of hydrogen-bond donors (Lipinski definition) is 0. The van der Waals surface area contributed by atoms with Crippen molar-refractivity contribution >= 4 is 51.0 Å². The molecule has 19 heavy (non-hydrogen) atoms. The fourth-order valence-electron chi connectivity index (χ4n) is 0.848. The molecule has 0 unspecified atom stereocenters. The Morgan fingerprint density at radius 2 is 1.89 bits per heavy atom. The van der Waals surface area contributed by atoms with Gasteiger partial charge in [-0.15, -0.1) is 0 Å². The third-order valence-electron chi connectivity index (χ3n) is 1.65. The van der Waals surface area contributed by atoms with Crippen molar-refractivity contribution < 1.29 is 22.4 Å². The SMILES string of the molecule is [2H]c1c([2H])c(C([2H])([2H])[2H])c([2H])c([2H])c1N(SC(F)(Cl)Cl)S(=O)(=O)N(C)C. The number of benzene rings is 1. The second kappa shape index (κ2) is 6.05. The van der Waals surface area contributed by atoms with E-state index < -0.39 is 56.4 Å². The number of nitrogens with zero attached hydrogens (tertiary/aromatic N) is 2. The molecule has 9 heteroatoms. The molecule has 0 aliphatic rings. The first-order chi connectivity index (χ1) is 11.4. The average molecular weight is 354 g/mol. The Bertz CT molecular complexity index is 786. The van der Waals surface area contributed by atoms with Gasteiger partial charge in [0.25, 0.3) is 0 Å². The number of rotatable bonds is 5. The van der Waals surface area contributed by atoms with Crippen LogP contribution in [0.25, 0.3) is 0 Å². The minimum absolute atomic E-state index is 0.0804. The quantitative estimate of drug-likeness (QED) is 0.602. The van der Waals surface area contributed by atoms with Crippen molar-refractivity contribution in [3.63, 3.8) is 0 Å². The first-order valence-electron chi connectivity index (χ1n) is 8.02. The average Bonchev–Trinajstić information content (AvgIpc) is 2.41. The Hall–Kier alpha value is -0.210. The van der Waals surface area contributed by atoms with Crippen LogP contribution >= 0.6 is 35.1 Å². The molecular weight excluding hydrogens is 334 g/mol. The highest BCUT2D eigenvalue weighted by Gasteiger charge is 2.35. The van der Waals surface area contributed by atoms with Crippen LogP contribution in [-0.4, -0.2) is 30.7 Å². The molecule has 0 spiro atoms. The van der Waals surface area contributed by atoms with Gasteiger partial charge < -0.3 is 0 Å². The summed E-state index contributed by atoms with van der Waals surface area (Å²) in [7, 11) is -2.44. The molecule has 0 atom stereocenters. The molecule has 1 rings (SSSR count). The Kier molecular flexibility index (Phi) is 2.85. The lowest BCUT2D eigenvalue weighted by molar-refractivity contribution is 0.510. The zero-order chi connectivity index (χ0) is 20.8. The maximum atomic E-state index is 13.7. The van der Waals surface area contributed by atoms with Gasteiger partial charge in [0.15, 0.2) is 0 Å². The molecule has 108 valence electrons. The van der Waals surface area contributed by atoms with Crippen LogP contribution in [0.15, 0.2) is 24.2 Å². The molecule has 0 saturated heterocycles. The molecule has 0 aliphatic heterocycles. The number of hydrogen-bond acceptors (Lipinski definition) is 3. The summed E-state index contributed by atoms with van der Waals surface area (Å²) < 4.78 is 89.6. The van der Waals surface area contributed by atoms with Crippen molar-refractivity contribution in [2.75, 3.05) is 17.8 Å². The van der Waals surface area contributed by atoms with Crippen LogP contribution in [-0.2, 0) is 10.2 Å². The third kappa shape index (κ3) is 4.68. The van der Waals surface area contributed by atoms with E-state index >= 15 is 0 Å². The molecule has 0 fully saturated rings. The van der Waals surface area contributed by atoms with E-state index in [-0.39, 0.29) is 15.7 Å². The summed E-state index contributed by atoms with van der Waals surface area (Å²) in [6.45, 7) is -2.99. The molecule has 0 aliphatic carbocycles. The van der Waals surface area contributed by atoms with Crippen LogP contribution in [0.2, 0.25) is 0 Å². The summed E-state index contributed by atoms with van der Waals surface area (Å²) in [5.41, 5.74) is -1.80. The van der Waals surface area contributed by atoms with Crippen molar-refractivity contribution in [3.8, 4) is 0 Å². The Morgan fingerprint density at radius 3 is 2.26 bits per heavy atom. The Labute approximate surface area is 136 Å². The predicted octanol–water partition coefficient (Wildman–Crippen LogP) is 3.31. The Morgan fingerprint density at radius 1 is 1.37 bits per heavy atom. The van der Waals surface area contributed by atoms with Crippen LogP contribution in [0.3, 0.4) is 0 Å². The van der Waals surface area contributed by atoms with Gasteiger partial charge in [-0.25, -0.2) is 0 Å². The molecule has 0 aromatic heterocycles. The van der Waals surface area contributed by atoms with Gasteiger partial charge in [0, 0.05) is 30.2 Å². The van der Waals surface area contributed by atoms with Gasteiger partial charge in [-0.2, -0.15) is 20.8 Å². The predicted molar refractivity (Wildman–Crippen MR) is 79.4 cm³/mol. The molecule has 0 radical (unpaired) electrons. The maximum Gasteiger partial charge on any atom is 0.324 e. The third-order valence-corrected chi connectivity index (χ3v) is 4.93. The summed E-state index contributed by atoms with van der Waals surface area (Å²) in [4.78, 5) is 0. The van der Waals surface area contributed by atoms with Gasteiger partial charge >= 0.3 is 14.1 Å². The minimum atomic E-state index is -4.58. The van der Waals surface area contributed by atoms with E-state index in [0.29, 0.717) is 4.31 Å². The van der Waals surface area contributed by atoms with Crippen molar-refractivity contribution in [3.05, 3.63) is 29.7 Å². The fraction of sp³-hybridized carbons (Fsp3) is 0.400. The highest BCUT2D eigenvalue weighted by Crippen LogP contribution is 2.42. The van der Waals surface area contributed by atoms with Crippen LogP contribution in [0.4, 0.5) is 10.1 Å². The van der Waals surface area contributed by atoms with Crippen molar-refractivity contribution in [2.24, 2.45) is 0 Å². The van der Waals surface area contributed by atoms with Gasteiger partial charge in [0.05, 0.1) is 11.2 Å². The van der Waals surface area contributed by atoms with Gasteiger partial charge in [-0.3, -0.25) is 0 Å². The molecule has 4 nitrogen and oxygen atoms in total. The van der Waals surface area contributed by atoms with E-state index in [4.69, 9.17) is 32.8 Å². The zero-order valence-corrected chi connectivity index (χ0v) is 12.8. The first kappa shape index (κ1) is 8.94. The lowest BCUT2D eigenvalue weighted by Gasteiger charge is -2.27. The molecular formula is C10H13Cl2FN2O2S2. The highest BCUT2D eigenvalue weighted by molar-refractivity contribution is 8.15. The van der Waals surface area contributed by atoms with E-state index in [1.807, 2.05) is 0 Å². The van der Waals surface area contributed by atoms with Crippen molar-refractivity contribution in [2.45, 2.75) is 10.8 Å². The first-order valence-corrected chi connectivity index (χ1v) is 7.45. The summed E-state index contributed by atoms with van der Waals surface area (Å²) in [6.07, 6.45) is 0. The zero-order valence-electron chi connectivity index (χ0n) is 16.7. The second-order valence-electron chi connectivity index (χ2n) is 3.28. The normalized spacial score (nSPS) is 18.7. The van der Waals surface area contributed by atoms with Crippen LogP contribution in [0, 0.1) is 6.85 Å². The van der Waals surface area contributed by atoms with E-state index in [2.05, 4.69) is 0 Å². The van der Waals surface area contributed by atoms with Crippen molar-refractivity contribution in [1.82, 2.24) is 4.31 Å². The minimum Gasteiger partial charge on any atom is -0.194 e. The monoisotopic (exact) mass is 353 g/mol. The number of anilines is 1.